The molecule has 0 saturated heterocycles. The Morgan fingerprint density at radius 1 is 0.556 bits per heavy atom. The fourth-order valence-electron chi connectivity index (χ4n) is 1.33. The Bertz CT molecular complexity index is 566. The van der Waals surface area contributed by atoms with Crippen LogP contribution in [0.1, 0.15) is 0 Å². The summed E-state index contributed by atoms with van der Waals surface area (Å²) in [5, 5.41) is 15.8. The second-order valence-corrected chi connectivity index (χ2v) is 3.33. The molecule has 7 heteroatoms. The van der Waals surface area contributed by atoms with E-state index in [1.54, 1.807) is 30.7 Å². The fourth-order valence-corrected chi connectivity index (χ4v) is 1.33. The number of hydrogen-bond donors (Lipinski definition) is 0. The van der Waals surface area contributed by atoms with Gasteiger partial charge in [-0.1, -0.05) is 6.07 Å². The average molecular weight is 237 g/mol. The average Bonchev–Trinajstić information content (AvgIpc) is 2.49. The maximum Gasteiger partial charge on any atom is 0.240 e. The lowest BCUT2D eigenvalue weighted by atomic mass is 10.3. The Morgan fingerprint density at radius 3 is 1.89 bits per heavy atom. The lowest BCUT2D eigenvalue weighted by Crippen LogP contribution is -2.02. The Labute approximate surface area is 102 Å². The SMILES string of the molecule is c1ccc(-c2nnc(-c3ncccn3)nn2)nc1. The summed E-state index contributed by atoms with van der Waals surface area (Å²) in [4.78, 5) is 12.2. The van der Waals surface area contributed by atoms with Crippen LogP contribution in [0.25, 0.3) is 23.2 Å². The normalized spacial score (nSPS) is 10.2. The van der Waals surface area contributed by atoms with Crippen LogP contribution >= 0.6 is 0 Å². The van der Waals surface area contributed by atoms with Crippen molar-refractivity contribution in [1.29, 1.82) is 0 Å². The molecular weight excluding hydrogens is 230 g/mol. The van der Waals surface area contributed by atoms with Gasteiger partial charge in [0.1, 0.15) is 5.69 Å². The summed E-state index contributed by atoms with van der Waals surface area (Å²) in [6.07, 6.45) is 4.88. The maximum absolute atomic E-state index is 4.12. The van der Waals surface area contributed by atoms with Crippen molar-refractivity contribution in [3.63, 3.8) is 0 Å². The number of rotatable bonds is 2. The topological polar surface area (TPSA) is 90.2 Å². The van der Waals surface area contributed by atoms with Crippen molar-refractivity contribution in [2.75, 3.05) is 0 Å². The van der Waals surface area contributed by atoms with Gasteiger partial charge in [0.05, 0.1) is 0 Å². The highest BCUT2D eigenvalue weighted by molar-refractivity contribution is 5.48. The molecule has 3 aromatic rings. The third-order valence-corrected chi connectivity index (χ3v) is 2.14. The minimum Gasteiger partial charge on any atom is -0.253 e. The molecule has 0 N–H and O–H groups in total. The molecule has 7 nitrogen and oxygen atoms in total. The zero-order valence-corrected chi connectivity index (χ0v) is 9.17. The molecule has 3 aromatic heterocycles. The Hall–Kier alpha value is -2.83. The molecule has 18 heavy (non-hydrogen) atoms. The standard InChI is InChI=1S/C11H7N7/c1-2-5-12-8(4-1)9-15-17-11(18-16-9)10-13-6-3-7-14-10/h1-7H. The van der Waals surface area contributed by atoms with Gasteiger partial charge in [-0.15, -0.1) is 20.4 Å². The molecule has 0 bridgehead atoms. The van der Waals surface area contributed by atoms with Crippen molar-refractivity contribution in [2.45, 2.75) is 0 Å². The third-order valence-electron chi connectivity index (χ3n) is 2.14. The van der Waals surface area contributed by atoms with Gasteiger partial charge in [-0.2, -0.15) is 0 Å². The number of aromatic nitrogens is 7. The van der Waals surface area contributed by atoms with Crippen LogP contribution in [0.15, 0.2) is 42.9 Å². The molecule has 86 valence electrons. The summed E-state index contributed by atoms with van der Waals surface area (Å²) >= 11 is 0. The summed E-state index contributed by atoms with van der Waals surface area (Å²) in [7, 11) is 0. The summed E-state index contributed by atoms with van der Waals surface area (Å²) in [6, 6.07) is 7.17. The zero-order chi connectivity index (χ0) is 12.2. The minimum atomic E-state index is 0.287. The lowest BCUT2D eigenvalue weighted by molar-refractivity contribution is 0.857. The van der Waals surface area contributed by atoms with E-state index in [0.29, 0.717) is 17.3 Å². The molecule has 0 aromatic carbocycles. The number of nitrogens with zero attached hydrogens (tertiary/aromatic N) is 7. The molecule has 3 rings (SSSR count). The van der Waals surface area contributed by atoms with E-state index in [1.165, 1.54) is 0 Å². The van der Waals surface area contributed by atoms with Gasteiger partial charge in [-0.3, -0.25) is 4.98 Å². The van der Waals surface area contributed by atoms with Gasteiger partial charge in [0.25, 0.3) is 0 Å². The van der Waals surface area contributed by atoms with E-state index in [1.807, 2.05) is 12.1 Å². The maximum atomic E-state index is 4.12. The van der Waals surface area contributed by atoms with Gasteiger partial charge in [0.15, 0.2) is 0 Å². The molecule has 0 aliphatic carbocycles. The van der Waals surface area contributed by atoms with Crippen LogP contribution < -0.4 is 0 Å². The first-order valence-corrected chi connectivity index (χ1v) is 5.20. The van der Waals surface area contributed by atoms with Crippen LogP contribution in [0.3, 0.4) is 0 Å². The van der Waals surface area contributed by atoms with Crippen molar-refractivity contribution in [1.82, 2.24) is 35.3 Å². The number of pyridine rings is 1. The van der Waals surface area contributed by atoms with Crippen LogP contribution in [0.4, 0.5) is 0 Å². The Kier molecular flexibility index (Phi) is 2.63. The first-order chi connectivity index (χ1) is 8.93. The van der Waals surface area contributed by atoms with E-state index < -0.39 is 0 Å². The third kappa shape index (κ3) is 2.01. The molecule has 0 fully saturated rings. The highest BCUT2D eigenvalue weighted by Crippen LogP contribution is 2.09. The van der Waals surface area contributed by atoms with E-state index in [2.05, 4.69) is 35.3 Å². The molecule has 0 aliphatic rings. The second kappa shape index (κ2) is 4.58. The number of hydrogen-bond acceptors (Lipinski definition) is 7. The lowest BCUT2D eigenvalue weighted by Gasteiger charge is -1.98. The van der Waals surface area contributed by atoms with Crippen molar-refractivity contribution in [3.05, 3.63) is 42.9 Å². The van der Waals surface area contributed by atoms with E-state index in [-0.39, 0.29) is 5.82 Å². The molecule has 0 aliphatic heterocycles. The highest BCUT2D eigenvalue weighted by atomic mass is 15.3. The van der Waals surface area contributed by atoms with Crippen LogP contribution in [0.5, 0.6) is 0 Å². The molecule has 0 unspecified atom stereocenters. The van der Waals surface area contributed by atoms with Gasteiger partial charge in [-0.25, -0.2) is 9.97 Å². The van der Waals surface area contributed by atoms with E-state index >= 15 is 0 Å². The molecular formula is C11H7N7. The molecule has 0 radical (unpaired) electrons. The monoisotopic (exact) mass is 237 g/mol. The molecule has 0 saturated carbocycles. The van der Waals surface area contributed by atoms with E-state index in [0.717, 1.165) is 0 Å². The highest BCUT2D eigenvalue weighted by Gasteiger charge is 2.08. The minimum absolute atomic E-state index is 0.287. The second-order valence-electron chi connectivity index (χ2n) is 3.33. The first-order valence-electron chi connectivity index (χ1n) is 5.20. The van der Waals surface area contributed by atoms with Gasteiger partial charge in [0.2, 0.25) is 17.5 Å². The smallest absolute Gasteiger partial charge is 0.240 e. The molecule has 0 amide bonds. The predicted octanol–water partition coefficient (Wildman–Crippen LogP) is 0.786. The molecule has 3 heterocycles. The van der Waals surface area contributed by atoms with Gasteiger partial charge >= 0.3 is 0 Å². The van der Waals surface area contributed by atoms with Crippen LogP contribution in [0.2, 0.25) is 0 Å². The largest absolute Gasteiger partial charge is 0.253 e. The molecule has 0 spiro atoms. The van der Waals surface area contributed by atoms with Crippen LogP contribution in [-0.4, -0.2) is 35.3 Å². The predicted molar refractivity (Wildman–Crippen MR) is 61.9 cm³/mol. The van der Waals surface area contributed by atoms with Crippen molar-refractivity contribution in [3.8, 4) is 23.2 Å². The van der Waals surface area contributed by atoms with E-state index in [9.17, 15) is 0 Å². The fraction of sp³-hybridized carbons (Fsp3) is 0. The summed E-state index contributed by atoms with van der Waals surface area (Å²) in [5.41, 5.74) is 0.623. The van der Waals surface area contributed by atoms with E-state index in [4.69, 9.17) is 0 Å². The van der Waals surface area contributed by atoms with Crippen LogP contribution in [0, 0.1) is 0 Å². The van der Waals surface area contributed by atoms with Gasteiger partial charge < -0.3 is 0 Å². The summed E-state index contributed by atoms with van der Waals surface area (Å²) < 4.78 is 0. The zero-order valence-electron chi connectivity index (χ0n) is 9.17. The van der Waals surface area contributed by atoms with Crippen molar-refractivity contribution in [2.24, 2.45) is 0 Å². The van der Waals surface area contributed by atoms with Gasteiger partial charge in [-0.05, 0) is 18.2 Å². The Balaban J connectivity index is 1.95. The van der Waals surface area contributed by atoms with Crippen LogP contribution in [-0.2, 0) is 0 Å². The quantitative estimate of drug-likeness (QED) is 0.650. The molecule has 0 atom stereocenters. The Morgan fingerprint density at radius 2 is 1.22 bits per heavy atom. The summed E-state index contributed by atoms with van der Waals surface area (Å²) in [6.45, 7) is 0. The van der Waals surface area contributed by atoms with Gasteiger partial charge in [0, 0.05) is 18.6 Å². The summed E-state index contributed by atoms with van der Waals surface area (Å²) in [5.74, 6) is 1.05. The first kappa shape index (κ1) is 10.3. The van der Waals surface area contributed by atoms with Crippen molar-refractivity contribution < 1.29 is 0 Å². The van der Waals surface area contributed by atoms with Crippen molar-refractivity contribution >= 4 is 0 Å².